The summed E-state index contributed by atoms with van der Waals surface area (Å²) >= 11 is 0. The highest BCUT2D eigenvalue weighted by Gasteiger charge is 2.29. The van der Waals surface area contributed by atoms with E-state index in [9.17, 15) is 9.59 Å². The first kappa shape index (κ1) is 14.3. The number of piperazine rings is 1. The Kier molecular flexibility index (Phi) is 4.45. The molecule has 2 fully saturated rings. The second-order valence-corrected chi connectivity index (χ2v) is 6.36. The average Bonchev–Trinajstić information content (AvgIpc) is 2.53. The fourth-order valence-corrected chi connectivity index (χ4v) is 2.64. The van der Waals surface area contributed by atoms with Gasteiger partial charge in [-0.3, -0.25) is 9.59 Å². The molecule has 0 saturated carbocycles. The molecule has 0 atom stereocenters. The van der Waals surface area contributed by atoms with Crippen LogP contribution in [-0.4, -0.2) is 60.9 Å². The molecule has 2 rings (SSSR count). The van der Waals surface area contributed by atoms with Crippen LogP contribution in [0.2, 0.25) is 0 Å². The van der Waals surface area contributed by atoms with Crippen molar-refractivity contribution in [3.05, 3.63) is 0 Å². The van der Waals surface area contributed by atoms with Crippen molar-refractivity contribution in [1.82, 2.24) is 15.1 Å². The Labute approximate surface area is 115 Å². The van der Waals surface area contributed by atoms with Crippen LogP contribution in [0.5, 0.6) is 0 Å². The van der Waals surface area contributed by atoms with E-state index in [2.05, 4.69) is 19.2 Å². The summed E-state index contributed by atoms with van der Waals surface area (Å²) in [4.78, 5) is 27.9. The van der Waals surface area contributed by atoms with E-state index >= 15 is 0 Å². The fourth-order valence-electron chi connectivity index (χ4n) is 2.64. The first-order valence-corrected chi connectivity index (χ1v) is 7.24. The Hall–Kier alpha value is -1.10. The minimum Gasteiger partial charge on any atom is -0.339 e. The SMILES string of the molecule is CC1(C)CCC(=O)N(CC(=O)N2CCNCC2)CC1. The van der Waals surface area contributed by atoms with Gasteiger partial charge in [-0.2, -0.15) is 0 Å². The van der Waals surface area contributed by atoms with Crippen LogP contribution < -0.4 is 5.32 Å². The van der Waals surface area contributed by atoms with Gasteiger partial charge in [0.1, 0.15) is 0 Å². The van der Waals surface area contributed by atoms with E-state index in [0.29, 0.717) is 13.0 Å². The van der Waals surface area contributed by atoms with Gasteiger partial charge in [0.25, 0.3) is 0 Å². The van der Waals surface area contributed by atoms with Crippen LogP contribution >= 0.6 is 0 Å². The van der Waals surface area contributed by atoms with Gasteiger partial charge in [-0.1, -0.05) is 13.8 Å². The number of amides is 2. The number of carbonyl (C=O) groups excluding carboxylic acids is 2. The number of hydrogen-bond acceptors (Lipinski definition) is 3. The molecule has 2 saturated heterocycles. The largest absolute Gasteiger partial charge is 0.339 e. The zero-order valence-electron chi connectivity index (χ0n) is 12.1. The molecule has 0 aromatic heterocycles. The molecular weight excluding hydrogens is 242 g/mol. The van der Waals surface area contributed by atoms with E-state index in [-0.39, 0.29) is 23.8 Å². The number of rotatable bonds is 2. The lowest BCUT2D eigenvalue weighted by atomic mass is 9.85. The molecule has 5 heteroatoms. The third kappa shape index (κ3) is 3.93. The highest BCUT2D eigenvalue weighted by Crippen LogP contribution is 2.30. The third-order valence-corrected chi connectivity index (χ3v) is 4.22. The van der Waals surface area contributed by atoms with Crippen LogP contribution in [0.15, 0.2) is 0 Å². The molecule has 0 aliphatic carbocycles. The smallest absolute Gasteiger partial charge is 0.242 e. The van der Waals surface area contributed by atoms with E-state index in [1.54, 1.807) is 4.90 Å². The molecule has 19 heavy (non-hydrogen) atoms. The maximum atomic E-state index is 12.2. The lowest BCUT2D eigenvalue weighted by Crippen LogP contribution is -2.50. The first-order valence-electron chi connectivity index (χ1n) is 7.24. The summed E-state index contributed by atoms with van der Waals surface area (Å²) in [6.45, 7) is 8.58. The Morgan fingerprint density at radius 1 is 1.21 bits per heavy atom. The third-order valence-electron chi connectivity index (χ3n) is 4.22. The fraction of sp³-hybridized carbons (Fsp3) is 0.857. The van der Waals surface area contributed by atoms with Crippen molar-refractivity contribution >= 4 is 11.8 Å². The van der Waals surface area contributed by atoms with Crippen molar-refractivity contribution in [3.8, 4) is 0 Å². The van der Waals surface area contributed by atoms with Gasteiger partial charge in [0, 0.05) is 39.1 Å². The second-order valence-electron chi connectivity index (χ2n) is 6.36. The van der Waals surface area contributed by atoms with Crippen molar-refractivity contribution in [2.75, 3.05) is 39.3 Å². The molecule has 0 spiro atoms. The van der Waals surface area contributed by atoms with Crippen LogP contribution in [-0.2, 0) is 9.59 Å². The van der Waals surface area contributed by atoms with Crippen LogP contribution in [0.1, 0.15) is 33.1 Å². The zero-order chi connectivity index (χ0) is 13.9. The van der Waals surface area contributed by atoms with Gasteiger partial charge in [0.05, 0.1) is 6.54 Å². The number of nitrogens with one attached hydrogen (secondary N) is 1. The van der Waals surface area contributed by atoms with Gasteiger partial charge < -0.3 is 15.1 Å². The highest BCUT2D eigenvalue weighted by atomic mass is 16.2. The molecule has 0 aromatic carbocycles. The predicted molar refractivity (Wildman–Crippen MR) is 73.7 cm³/mol. The number of likely N-dealkylation sites (tertiary alicyclic amines) is 1. The molecule has 108 valence electrons. The van der Waals surface area contributed by atoms with Crippen molar-refractivity contribution in [2.45, 2.75) is 33.1 Å². The molecule has 1 N–H and O–H groups in total. The van der Waals surface area contributed by atoms with Crippen molar-refractivity contribution < 1.29 is 9.59 Å². The normalized spacial score (nSPS) is 24.2. The molecule has 0 radical (unpaired) electrons. The van der Waals surface area contributed by atoms with Gasteiger partial charge >= 0.3 is 0 Å². The number of nitrogens with zero attached hydrogens (tertiary/aromatic N) is 2. The maximum Gasteiger partial charge on any atom is 0.242 e. The summed E-state index contributed by atoms with van der Waals surface area (Å²) in [5, 5.41) is 3.23. The van der Waals surface area contributed by atoms with Gasteiger partial charge in [-0.15, -0.1) is 0 Å². The van der Waals surface area contributed by atoms with E-state index in [1.165, 1.54) is 0 Å². The molecule has 2 amide bonds. The predicted octanol–water partition coefficient (Wildman–Crippen LogP) is 0.457. The Morgan fingerprint density at radius 2 is 1.89 bits per heavy atom. The quantitative estimate of drug-likeness (QED) is 0.790. The first-order chi connectivity index (χ1) is 8.98. The summed E-state index contributed by atoms with van der Waals surface area (Å²) in [6, 6.07) is 0. The van der Waals surface area contributed by atoms with Crippen molar-refractivity contribution in [2.24, 2.45) is 5.41 Å². The summed E-state index contributed by atoms with van der Waals surface area (Å²) in [5.74, 6) is 0.226. The Bertz CT molecular complexity index is 349. The van der Waals surface area contributed by atoms with Crippen molar-refractivity contribution in [3.63, 3.8) is 0 Å². The van der Waals surface area contributed by atoms with E-state index in [0.717, 1.165) is 39.0 Å². The van der Waals surface area contributed by atoms with Crippen LogP contribution in [0.3, 0.4) is 0 Å². The van der Waals surface area contributed by atoms with E-state index < -0.39 is 0 Å². The van der Waals surface area contributed by atoms with Crippen molar-refractivity contribution in [1.29, 1.82) is 0 Å². The van der Waals surface area contributed by atoms with Crippen LogP contribution in [0.25, 0.3) is 0 Å². The van der Waals surface area contributed by atoms with Gasteiger partial charge in [-0.05, 0) is 18.3 Å². The maximum absolute atomic E-state index is 12.2. The van der Waals surface area contributed by atoms with E-state index in [4.69, 9.17) is 0 Å². The summed E-state index contributed by atoms with van der Waals surface area (Å²) in [7, 11) is 0. The topological polar surface area (TPSA) is 52.7 Å². The standard InChI is InChI=1S/C14H25N3O2/c1-14(2)4-3-12(18)17(8-5-14)11-13(19)16-9-6-15-7-10-16/h15H,3-11H2,1-2H3. The summed E-state index contributed by atoms with van der Waals surface area (Å²) in [5.41, 5.74) is 0.211. The Balaban J connectivity index is 1.90. The van der Waals surface area contributed by atoms with E-state index in [1.807, 2.05) is 4.90 Å². The van der Waals surface area contributed by atoms with Crippen LogP contribution in [0.4, 0.5) is 0 Å². The minimum atomic E-state index is 0.0922. The minimum absolute atomic E-state index is 0.0922. The molecule has 0 aromatic rings. The molecule has 2 aliphatic rings. The Morgan fingerprint density at radius 3 is 2.58 bits per heavy atom. The van der Waals surface area contributed by atoms with Crippen LogP contribution in [0, 0.1) is 5.41 Å². The molecule has 0 bridgehead atoms. The van der Waals surface area contributed by atoms with Gasteiger partial charge in [0.15, 0.2) is 0 Å². The molecular formula is C14H25N3O2. The lowest BCUT2D eigenvalue weighted by molar-refractivity contribution is -0.140. The monoisotopic (exact) mass is 267 g/mol. The molecule has 2 heterocycles. The van der Waals surface area contributed by atoms with Gasteiger partial charge in [-0.25, -0.2) is 0 Å². The lowest BCUT2D eigenvalue weighted by Gasteiger charge is -2.30. The molecule has 5 nitrogen and oxygen atoms in total. The summed E-state index contributed by atoms with van der Waals surface area (Å²) in [6.07, 6.45) is 2.47. The summed E-state index contributed by atoms with van der Waals surface area (Å²) < 4.78 is 0. The second kappa shape index (κ2) is 5.90. The molecule has 0 unspecified atom stereocenters. The number of hydrogen-bond donors (Lipinski definition) is 1. The highest BCUT2D eigenvalue weighted by molar-refractivity contribution is 5.85. The average molecular weight is 267 g/mol. The molecule has 2 aliphatic heterocycles. The number of carbonyl (C=O) groups is 2. The van der Waals surface area contributed by atoms with Gasteiger partial charge in [0.2, 0.25) is 11.8 Å². The zero-order valence-corrected chi connectivity index (χ0v) is 12.1.